The van der Waals surface area contributed by atoms with Gasteiger partial charge in [-0.1, -0.05) is 0 Å². The standard InChI is InChI=1S/C7H4N6/c1-4-5-6(9-2-8-4)10-3-11-7(5)13-12-1/h1-3H,(H,8,9,10,11,13). The number of anilines is 1. The van der Waals surface area contributed by atoms with Gasteiger partial charge in [0.1, 0.15) is 12.7 Å². The molecule has 6 heteroatoms. The smallest absolute Gasteiger partial charge is 0.168 e. The van der Waals surface area contributed by atoms with Crippen LogP contribution in [0.15, 0.2) is 17.8 Å². The quantitative estimate of drug-likeness (QED) is 0.613. The van der Waals surface area contributed by atoms with E-state index in [4.69, 9.17) is 0 Å². The van der Waals surface area contributed by atoms with E-state index in [0.717, 1.165) is 11.1 Å². The number of nitrogens with zero attached hydrogens (tertiary/aromatic N) is 5. The highest BCUT2D eigenvalue weighted by molar-refractivity contribution is 6.02. The molecule has 2 aromatic heterocycles. The minimum atomic E-state index is 0.633. The molecule has 0 aliphatic carbocycles. The molecule has 13 heavy (non-hydrogen) atoms. The molecule has 0 atom stereocenters. The van der Waals surface area contributed by atoms with Crippen LogP contribution in [0.25, 0.3) is 11.0 Å². The predicted octanol–water partition coefficient (Wildman–Crippen LogP) is 0.179. The second-order valence-corrected chi connectivity index (χ2v) is 2.55. The van der Waals surface area contributed by atoms with Gasteiger partial charge < -0.3 is 0 Å². The second kappa shape index (κ2) is 2.19. The SMILES string of the molecule is C1=NNc2ncnc3ncnc1c23. The molecule has 0 fully saturated rings. The topological polar surface area (TPSA) is 76.0 Å². The van der Waals surface area contributed by atoms with Crippen LogP contribution < -0.4 is 5.43 Å². The molecule has 3 rings (SSSR count). The Morgan fingerprint density at radius 3 is 2.77 bits per heavy atom. The predicted molar refractivity (Wildman–Crippen MR) is 46.3 cm³/mol. The van der Waals surface area contributed by atoms with E-state index >= 15 is 0 Å². The highest BCUT2D eigenvalue weighted by atomic mass is 15.3. The molecule has 0 unspecified atom stereocenters. The lowest BCUT2D eigenvalue weighted by Gasteiger charge is -2.08. The highest BCUT2D eigenvalue weighted by Crippen LogP contribution is 2.21. The molecule has 0 saturated heterocycles. The number of hydrogen-bond donors (Lipinski definition) is 1. The van der Waals surface area contributed by atoms with E-state index in [0.29, 0.717) is 11.5 Å². The molecule has 0 aromatic carbocycles. The van der Waals surface area contributed by atoms with E-state index in [2.05, 4.69) is 30.5 Å². The summed E-state index contributed by atoms with van der Waals surface area (Å²) in [5.74, 6) is 0.656. The minimum Gasteiger partial charge on any atom is -0.261 e. The molecule has 1 N–H and O–H groups in total. The summed E-state index contributed by atoms with van der Waals surface area (Å²) in [5, 5.41) is 4.71. The fourth-order valence-electron chi connectivity index (χ4n) is 1.26. The summed E-state index contributed by atoms with van der Waals surface area (Å²) in [6, 6.07) is 0. The Labute approximate surface area is 72.8 Å². The normalized spacial score (nSPS) is 12.9. The van der Waals surface area contributed by atoms with Crippen molar-refractivity contribution in [3.63, 3.8) is 0 Å². The molecule has 3 heterocycles. The van der Waals surface area contributed by atoms with Crippen molar-refractivity contribution < 1.29 is 0 Å². The van der Waals surface area contributed by atoms with E-state index in [-0.39, 0.29) is 0 Å². The van der Waals surface area contributed by atoms with Crippen molar-refractivity contribution in [1.29, 1.82) is 0 Å². The number of rotatable bonds is 0. The summed E-state index contributed by atoms with van der Waals surface area (Å²) in [4.78, 5) is 16.1. The molecule has 0 saturated carbocycles. The van der Waals surface area contributed by atoms with E-state index in [1.54, 1.807) is 6.21 Å². The van der Waals surface area contributed by atoms with Crippen LogP contribution in [0, 0.1) is 0 Å². The summed E-state index contributed by atoms with van der Waals surface area (Å²) in [7, 11) is 0. The number of aromatic nitrogens is 4. The molecule has 2 aromatic rings. The van der Waals surface area contributed by atoms with Crippen molar-refractivity contribution in [3.05, 3.63) is 18.3 Å². The average molecular weight is 172 g/mol. The van der Waals surface area contributed by atoms with Gasteiger partial charge in [0.2, 0.25) is 0 Å². The van der Waals surface area contributed by atoms with Gasteiger partial charge in [0.05, 0.1) is 17.3 Å². The van der Waals surface area contributed by atoms with Gasteiger partial charge in [-0.2, -0.15) is 5.10 Å². The van der Waals surface area contributed by atoms with Crippen molar-refractivity contribution in [2.75, 3.05) is 5.43 Å². The van der Waals surface area contributed by atoms with Crippen LogP contribution in [0.1, 0.15) is 5.69 Å². The summed E-state index contributed by atoms with van der Waals surface area (Å²) in [5.41, 5.74) is 4.15. The molecule has 6 nitrogen and oxygen atoms in total. The first-order chi connectivity index (χ1) is 6.45. The first-order valence-corrected chi connectivity index (χ1v) is 3.70. The van der Waals surface area contributed by atoms with Crippen LogP contribution in [-0.2, 0) is 0 Å². The van der Waals surface area contributed by atoms with E-state index in [9.17, 15) is 0 Å². The third-order valence-corrected chi connectivity index (χ3v) is 1.82. The van der Waals surface area contributed by atoms with Gasteiger partial charge in [-0.15, -0.1) is 0 Å². The summed E-state index contributed by atoms with van der Waals surface area (Å²) in [6.07, 6.45) is 4.54. The molecule has 0 amide bonds. The van der Waals surface area contributed by atoms with Gasteiger partial charge in [-0.05, 0) is 0 Å². The first-order valence-electron chi connectivity index (χ1n) is 3.70. The van der Waals surface area contributed by atoms with Crippen molar-refractivity contribution in [2.24, 2.45) is 5.10 Å². The van der Waals surface area contributed by atoms with Crippen LogP contribution in [-0.4, -0.2) is 26.2 Å². The average Bonchev–Trinajstić information content (AvgIpc) is 2.19. The van der Waals surface area contributed by atoms with E-state index in [1.807, 2.05) is 0 Å². The molecular formula is C7H4N6. The molecule has 0 spiro atoms. The third kappa shape index (κ3) is 0.792. The van der Waals surface area contributed by atoms with Crippen LogP contribution in [0.3, 0.4) is 0 Å². The van der Waals surface area contributed by atoms with E-state index < -0.39 is 0 Å². The monoisotopic (exact) mass is 172 g/mol. The maximum absolute atomic E-state index is 4.06. The van der Waals surface area contributed by atoms with Crippen LogP contribution in [0.5, 0.6) is 0 Å². The number of hydrazone groups is 1. The molecule has 0 bridgehead atoms. The summed E-state index contributed by atoms with van der Waals surface area (Å²) < 4.78 is 0. The van der Waals surface area contributed by atoms with Crippen LogP contribution >= 0.6 is 0 Å². The van der Waals surface area contributed by atoms with Gasteiger partial charge in [-0.25, -0.2) is 19.9 Å². The Balaban J connectivity index is 2.56. The maximum Gasteiger partial charge on any atom is 0.168 e. The Morgan fingerprint density at radius 2 is 1.85 bits per heavy atom. The minimum absolute atomic E-state index is 0.633. The van der Waals surface area contributed by atoms with Gasteiger partial charge in [0.25, 0.3) is 0 Å². The molecule has 62 valence electrons. The maximum atomic E-state index is 4.06. The number of hydrogen-bond acceptors (Lipinski definition) is 6. The van der Waals surface area contributed by atoms with Crippen molar-refractivity contribution >= 4 is 23.1 Å². The second-order valence-electron chi connectivity index (χ2n) is 2.55. The van der Waals surface area contributed by atoms with Gasteiger partial charge in [0, 0.05) is 0 Å². The number of nitrogens with one attached hydrogen (secondary N) is 1. The fourth-order valence-corrected chi connectivity index (χ4v) is 1.26. The Hall–Kier alpha value is -2.11. The zero-order valence-electron chi connectivity index (χ0n) is 6.47. The lowest BCUT2D eigenvalue weighted by Crippen LogP contribution is -2.05. The summed E-state index contributed by atoms with van der Waals surface area (Å²) >= 11 is 0. The molecule has 1 aliphatic heterocycles. The zero-order valence-corrected chi connectivity index (χ0v) is 6.47. The molecular weight excluding hydrogens is 168 g/mol. The molecule has 0 radical (unpaired) electrons. The Bertz CT molecular complexity index is 500. The summed E-state index contributed by atoms with van der Waals surface area (Å²) in [6.45, 7) is 0. The van der Waals surface area contributed by atoms with E-state index in [1.165, 1.54) is 12.7 Å². The van der Waals surface area contributed by atoms with Crippen molar-refractivity contribution in [2.45, 2.75) is 0 Å². The Morgan fingerprint density at radius 1 is 1.00 bits per heavy atom. The van der Waals surface area contributed by atoms with Gasteiger partial charge >= 0.3 is 0 Å². The Kier molecular flexibility index (Phi) is 1.08. The fraction of sp³-hybridized carbons (Fsp3) is 0. The van der Waals surface area contributed by atoms with Crippen molar-refractivity contribution in [1.82, 2.24) is 19.9 Å². The molecule has 1 aliphatic rings. The third-order valence-electron chi connectivity index (χ3n) is 1.82. The first kappa shape index (κ1) is 6.41. The zero-order chi connectivity index (χ0) is 8.67. The lowest BCUT2D eigenvalue weighted by atomic mass is 10.2. The van der Waals surface area contributed by atoms with Crippen molar-refractivity contribution in [3.8, 4) is 0 Å². The van der Waals surface area contributed by atoms with Gasteiger partial charge in [0.15, 0.2) is 11.5 Å². The lowest BCUT2D eigenvalue weighted by molar-refractivity contribution is 1.10. The largest absolute Gasteiger partial charge is 0.261 e. The highest BCUT2D eigenvalue weighted by Gasteiger charge is 2.11. The van der Waals surface area contributed by atoms with Crippen LogP contribution in [0.2, 0.25) is 0 Å². The van der Waals surface area contributed by atoms with Gasteiger partial charge in [-0.3, -0.25) is 5.43 Å². The van der Waals surface area contributed by atoms with Crippen LogP contribution in [0.4, 0.5) is 5.82 Å².